The second-order valence-electron chi connectivity index (χ2n) is 4.81. The minimum Gasteiger partial charge on any atom is -0.486 e. The van der Waals surface area contributed by atoms with E-state index in [2.05, 4.69) is 0 Å². The lowest BCUT2D eigenvalue weighted by Crippen LogP contribution is -2.16. The minimum absolute atomic E-state index is 0.0477. The van der Waals surface area contributed by atoms with Crippen LogP contribution < -0.4 is 9.47 Å². The number of halogens is 1. The van der Waals surface area contributed by atoms with Crippen molar-refractivity contribution in [3.8, 4) is 11.5 Å². The molecule has 0 saturated heterocycles. The molecule has 0 amide bonds. The quantitative estimate of drug-likeness (QED) is 0.846. The Kier molecular flexibility index (Phi) is 4.49. The molecule has 1 atom stereocenters. The maximum atomic E-state index is 12.2. The Morgan fingerprint density at radius 1 is 1.25 bits per heavy atom. The van der Waals surface area contributed by atoms with Gasteiger partial charge in [-0.3, -0.25) is 9.59 Å². The summed E-state index contributed by atoms with van der Waals surface area (Å²) in [5.41, 5.74) is 0.341. The van der Waals surface area contributed by atoms with E-state index in [9.17, 15) is 9.59 Å². The van der Waals surface area contributed by atoms with Crippen LogP contribution in [0.5, 0.6) is 11.5 Å². The smallest absolute Gasteiger partial charge is 0.303 e. The van der Waals surface area contributed by atoms with Crippen LogP contribution in [0.25, 0.3) is 0 Å². The molecule has 0 radical (unpaired) electrons. The summed E-state index contributed by atoms with van der Waals surface area (Å²) in [7, 11) is 0. The topological polar surface area (TPSA) is 72.8 Å². The zero-order valence-electron chi connectivity index (χ0n) is 11.0. The molecule has 5 nitrogen and oxygen atoms in total. The Morgan fingerprint density at radius 2 is 1.85 bits per heavy atom. The Labute approximate surface area is 121 Å². The Morgan fingerprint density at radius 3 is 2.45 bits per heavy atom. The molecule has 0 fully saturated rings. The van der Waals surface area contributed by atoms with E-state index in [1.54, 1.807) is 19.1 Å². The third-order valence-electron chi connectivity index (χ3n) is 2.99. The van der Waals surface area contributed by atoms with Gasteiger partial charge in [0, 0.05) is 24.5 Å². The van der Waals surface area contributed by atoms with Gasteiger partial charge in [0.25, 0.3) is 0 Å². The molecule has 0 aromatic heterocycles. The lowest BCUT2D eigenvalue weighted by Gasteiger charge is -2.19. The number of hydrogen-bond acceptors (Lipinski definition) is 4. The molecule has 20 heavy (non-hydrogen) atoms. The molecule has 108 valence electrons. The van der Waals surface area contributed by atoms with Crippen LogP contribution in [0.4, 0.5) is 0 Å². The summed E-state index contributed by atoms with van der Waals surface area (Å²) >= 11 is 6.07. The van der Waals surface area contributed by atoms with Crippen LogP contribution in [-0.4, -0.2) is 30.1 Å². The van der Waals surface area contributed by atoms with E-state index in [-0.39, 0.29) is 24.5 Å². The molecule has 1 aliphatic rings. The number of ketones is 1. The van der Waals surface area contributed by atoms with Crippen LogP contribution in [0, 0.1) is 5.92 Å². The highest BCUT2D eigenvalue weighted by molar-refractivity contribution is 6.34. The maximum Gasteiger partial charge on any atom is 0.303 e. The highest BCUT2D eigenvalue weighted by Crippen LogP contribution is 2.36. The number of fused-ring (bicyclic) bond motifs is 1. The van der Waals surface area contributed by atoms with E-state index in [1.165, 1.54) is 0 Å². The van der Waals surface area contributed by atoms with Crippen LogP contribution in [0.3, 0.4) is 0 Å². The molecule has 6 heteroatoms. The van der Waals surface area contributed by atoms with Crippen molar-refractivity contribution in [3.05, 3.63) is 22.7 Å². The molecule has 0 bridgehead atoms. The van der Waals surface area contributed by atoms with Gasteiger partial charge < -0.3 is 14.6 Å². The first-order chi connectivity index (χ1) is 9.47. The number of benzene rings is 1. The van der Waals surface area contributed by atoms with Gasteiger partial charge in [0.1, 0.15) is 13.2 Å². The van der Waals surface area contributed by atoms with E-state index in [0.29, 0.717) is 35.3 Å². The van der Waals surface area contributed by atoms with E-state index in [1.807, 2.05) is 0 Å². The van der Waals surface area contributed by atoms with Gasteiger partial charge in [0.05, 0.1) is 5.02 Å². The molecule has 1 heterocycles. The van der Waals surface area contributed by atoms with Crippen molar-refractivity contribution in [2.75, 3.05) is 13.2 Å². The first-order valence-electron chi connectivity index (χ1n) is 6.31. The average Bonchev–Trinajstić information content (AvgIpc) is 2.36. The largest absolute Gasteiger partial charge is 0.486 e. The molecular weight excluding hydrogens is 284 g/mol. The minimum atomic E-state index is -0.918. The van der Waals surface area contributed by atoms with Crippen molar-refractivity contribution in [3.63, 3.8) is 0 Å². The van der Waals surface area contributed by atoms with Crippen LogP contribution in [0.15, 0.2) is 12.1 Å². The molecule has 1 aliphatic heterocycles. The van der Waals surface area contributed by atoms with E-state index in [4.69, 9.17) is 26.2 Å². The van der Waals surface area contributed by atoms with E-state index >= 15 is 0 Å². The number of hydrogen-bond donors (Lipinski definition) is 1. The highest BCUT2D eigenvalue weighted by atomic mass is 35.5. The van der Waals surface area contributed by atoms with Gasteiger partial charge in [0.15, 0.2) is 17.3 Å². The second kappa shape index (κ2) is 6.13. The molecule has 0 aliphatic carbocycles. The first kappa shape index (κ1) is 14.7. The molecule has 1 aromatic carbocycles. The van der Waals surface area contributed by atoms with Crippen molar-refractivity contribution in [1.82, 2.24) is 0 Å². The number of ether oxygens (including phenoxy) is 2. The van der Waals surface area contributed by atoms with Crippen molar-refractivity contribution < 1.29 is 24.2 Å². The fraction of sp³-hybridized carbons (Fsp3) is 0.429. The molecule has 1 aromatic rings. The summed E-state index contributed by atoms with van der Waals surface area (Å²) in [6.07, 6.45) is 0.0829. The first-order valence-corrected chi connectivity index (χ1v) is 6.69. The standard InChI is InChI=1S/C14H15ClO5/c1-8(5-14(17)18)4-11(16)9-6-12-13(7-10(9)15)20-3-2-19-12/h6-8H,2-5H2,1H3,(H,17,18). The molecule has 1 N–H and O–H groups in total. The second-order valence-corrected chi connectivity index (χ2v) is 5.21. The van der Waals surface area contributed by atoms with Crippen molar-refractivity contribution in [2.45, 2.75) is 19.8 Å². The number of aliphatic carboxylic acids is 1. The fourth-order valence-electron chi connectivity index (χ4n) is 2.07. The maximum absolute atomic E-state index is 12.2. The van der Waals surface area contributed by atoms with Gasteiger partial charge in [-0.25, -0.2) is 0 Å². The number of rotatable bonds is 5. The third kappa shape index (κ3) is 3.42. The van der Waals surface area contributed by atoms with Gasteiger partial charge >= 0.3 is 5.97 Å². The number of carbonyl (C=O) groups excluding carboxylic acids is 1. The Hall–Kier alpha value is -1.75. The van der Waals surface area contributed by atoms with Crippen molar-refractivity contribution >= 4 is 23.4 Å². The molecule has 0 saturated carbocycles. The van der Waals surface area contributed by atoms with Gasteiger partial charge in [-0.05, 0) is 12.0 Å². The van der Waals surface area contributed by atoms with E-state index < -0.39 is 5.97 Å². The van der Waals surface area contributed by atoms with Gasteiger partial charge in [0.2, 0.25) is 0 Å². The highest BCUT2D eigenvalue weighted by Gasteiger charge is 2.21. The lowest BCUT2D eigenvalue weighted by atomic mass is 9.97. The van der Waals surface area contributed by atoms with Gasteiger partial charge in [-0.1, -0.05) is 18.5 Å². The van der Waals surface area contributed by atoms with Crippen LogP contribution in [-0.2, 0) is 4.79 Å². The van der Waals surface area contributed by atoms with Crippen LogP contribution in [0.2, 0.25) is 5.02 Å². The Balaban J connectivity index is 2.15. The van der Waals surface area contributed by atoms with E-state index in [0.717, 1.165) is 0 Å². The monoisotopic (exact) mass is 298 g/mol. The molecule has 0 spiro atoms. The zero-order valence-corrected chi connectivity index (χ0v) is 11.8. The predicted molar refractivity (Wildman–Crippen MR) is 72.8 cm³/mol. The fourth-order valence-corrected chi connectivity index (χ4v) is 2.33. The predicted octanol–water partition coefficient (Wildman–Crippen LogP) is 2.79. The molecule has 2 rings (SSSR count). The number of carboxylic acids is 1. The SMILES string of the molecule is CC(CC(=O)O)CC(=O)c1cc2c(cc1Cl)OCCO2. The average molecular weight is 299 g/mol. The summed E-state index contributed by atoms with van der Waals surface area (Å²) in [6, 6.07) is 3.12. The summed E-state index contributed by atoms with van der Waals surface area (Å²) in [5.74, 6) is -0.338. The normalized spacial score (nSPS) is 14.7. The Bertz CT molecular complexity index is 541. The number of Topliss-reactive ketones (excluding diaryl/α,β-unsaturated/α-hetero) is 1. The van der Waals surface area contributed by atoms with Crippen molar-refractivity contribution in [2.24, 2.45) is 5.92 Å². The van der Waals surface area contributed by atoms with Crippen molar-refractivity contribution in [1.29, 1.82) is 0 Å². The molecule has 1 unspecified atom stereocenters. The number of carboxylic acid groups (broad SMARTS) is 1. The lowest BCUT2D eigenvalue weighted by molar-refractivity contribution is -0.137. The van der Waals surface area contributed by atoms with Crippen LogP contribution in [0.1, 0.15) is 30.1 Å². The summed E-state index contributed by atoms with van der Waals surface area (Å²) in [6.45, 7) is 2.60. The summed E-state index contributed by atoms with van der Waals surface area (Å²) in [4.78, 5) is 22.8. The van der Waals surface area contributed by atoms with Gasteiger partial charge in [-0.2, -0.15) is 0 Å². The van der Waals surface area contributed by atoms with Crippen LogP contribution >= 0.6 is 11.6 Å². The zero-order chi connectivity index (χ0) is 14.7. The number of carbonyl (C=O) groups is 2. The van der Waals surface area contributed by atoms with Gasteiger partial charge in [-0.15, -0.1) is 0 Å². The summed E-state index contributed by atoms with van der Waals surface area (Å²) in [5, 5.41) is 9.00. The third-order valence-corrected chi connectivity index (χ3v) is 3.30. The molecular formula is C14H15ClO5. The summed E-state index contributed by atoms with van der Waals surface area (Å²) < 4.78 is 10.8.